The molecule has 0 bridgehead atoms. The van der Waals surface area contributed by atoms with Crippen molar-refractivity contribution in [3.63, 3.8) is 0 Å². The minimum absolute atomic E-state index is 0.107. The van der Waals surface area contributed by atoms with Crippen LogP contribution in [0, 0.1) is 4.77 Å². The van der Waals surface area contributed by atoms with Crippen LogP contribution in [0.4, 0.5) is 0 Å². The van der Waals surface area contributed by atoms with Crippen LogP contribution in [0.25, 0.3) is 22.2 Å². The van der Waals surface area contributed by atoms with Gasteiger partial charge in [-0.2, -0.15) is 14.9 Å². The molecular formula is C23H22N4S. The fraction of sp³-hybridized carbons (Fsp3) is 0.174. The zero-order valence-corrected chi connectivity index (χ0v) is 17.0. The smallest absolute Gasteiger partial charge is 0.216 e. The van der Waals surface area contributed by atoms with Gasteiger partial charge in [0.2, 0.25) is 4.77 Å². The summed E-state index contributed by atoms with van der Waals surface area (Å²) in [5.41, 5.74) is 3.39. The zero-order chi connectivity index (χ0) is 19.7. The Balaban J connectivity index is 1.73. The molecule has 28 heavy (non-hydrogen) atoms. The molecule has 1 aromatic heterocycles. The van der Waals surface area contributed by atoms with Gasteiger partial charge in [0.15, 0.2) is 5.82 Å². The van der Waals surface area contributed by atoms with E-state index in [0.29, 0.717) is 10.6 Å². The molecule has 0 radical (unpaired) electrons. The highest BCUT2D eigenvalue weighted by Crippen LogP contribution is 2.25. The molecule has 0 saturated carbocycles. The maximum Gasteiger partial charge on any atom is 0.216 e. The lowest BCUT2D eigenvalue weighted by atomic mass is 9.87. The lowest BCUT2D eigenvalue weighted by Crippen LogP contribution is -2.10. The van der Waals surface area contributed by atoms with Crippen molar-refractivity contribution in [3.8, 4) is 11.4 Å². The minimum Gasteiger partial charge on any atom is -0.250 e. The van der Waals surface area contributed by atoms with E-state index in [9.17, 15) is 0 Å². The molecule has 4 aromatic rings. The summed E-state index contributed by atoms with van der Waals surface area (Å²) in [5.74, 6) is 0.696. The molecule has 0 fully saturated rings. The number of hydrogen-bond donors (Lipinski definition) is 1. The van der Waals surface area contributed by atoms with E-state index in [1.165, 1.54) is 10.9 Å². The van der Waals surface area contributed by atoms with Crippen molar-refractivity contribution in [2.75, 3.05) is 0 Å². The van der Waals surface area contributed by atoms with Crippen molar-refractivity contribution in [1.29, 1.82) is 0 Å². The molecule has 3 aromatic carbocycles. The molecule has 0 unspecified atom stereocenters. The van der Waals surface area contributed by atoms with Gasteiger partial charge in [-0.3, -0.25) is 0 Å². The predicted molar refractivity (Wildman–Crippen MR) is 118 cm³/mol. The van der Waals surface area contributed by atoms with Crippen LogP contribution in [0.1, 0.15) is 31.9 Å². The largest absolute Gasteiger partial charge is 0.250 e. The molecule has 0 amide bonds. The molecule has 0 saturated heterocycles. The number of rotatable bonds is 3. The zero-order valence-electron chi connectivity index (χ0n) is 16.2. The van der Waals surface area contributed by atoms with Crippen molar-refractivity contribution < 1.29 is 0 Å². The van der Waals surface area contributed by atoms with Crippen molar-refractivity contribution in [3.05, 3.63) is 82.6 Å². The van der Waals surface area contributed by atoms with E-state index in [1.54, 1.807) is 4.68 Å². The van der Waals surface area contributed by atoms with Crippen molar-refractivity contribution >= 4 is 29.2 Å². The number of aromatic amines is 1. The van der Waals surface area contributed by atoms with Gasteiger partial charge in [-0.05, 0) is 34.0 Å². The van der Waals surface area contributed by atoms with Crippen molar-refractivity contribution in [2.24, 2.45) is 5.10 Å². The summed E-state index contributed by atoms with van der Waals surface area (Å²) in [6.45, 7) is 6.60. The summed E-state index contributed by atoms with van der Waals surface area (Å²) in [5, 5.41) is 14.2. The molecule has 4 nitrogen and oxygen atoms in total. The molecule has 0 spiro atoms. The summed E-state index contributed by atoms with van der Waals surface area (Å²) >= 11 is 5.40. The number of fused-ring (bicyclic) bond motifs is 1. The quantitative estimate of drug-likeness (QED) is 0.350. The third-order valence-electron chi connectivity index (χ3n) is 4.80. The van der Waals surface area contributed by atoms with Crippen molar-refractivity contribution in [1.82, 2.24) is 14.9 Å². The molecule has 5 heteroatoms. The monoisotopic (exact) mass is 386 g/mol. The number of H-pyrrole nitrogens is 1. The van der Waals surface area contributed by atoms with Gasteiger partial charge in [0.25, 0.3) is 0 Å². The second-order valence-electron chi connectivity index (χ2n) is 7.80. The van der Waals surface area contributed by atoms with E-state index >= 15 is 0 Å². The number of hydrogen-bond acceptors (Lipinski definition) is 3. The highest BCUT2D eigenvalue weighted by Gasteiger charge is 2.14. The van der Waals surface area contributed by atoms with Crippen molar-refractivity contribution in [2.45, 2.75) is 26.2 Å². The number of nitrogens with zero attached hydrogens (tertiary/aromatic N) is 3. The number of benzene rings is 3. The van der Waals surface area contributed by atoms with Gasteiger partial charge in [-0.15, -0.1) is 0 Å². The van der Waals surface area contributed by atoms with Crippen LogP contribution in [0.3, 0.4) is 0 Å². The number of nitrogens with one attached hydrogen (secondary N) is 1. The van der Waals surface area contributed by atoms with E-state index in [1.807, 2.05) is 30.5 Å². The Labute approximate surface area is 169 Å². The summed E-state index contributed by atoms with van der Waals surface area (Å²) in [6.07, 6.45) is 1.83. The van der Waals surface area contributed by atoms with Crippen LogP contribution in [-0.4, -0.2) is 21.1 Å². The molecule has 0 aliphatic rings. The average Bonchev–Trinajstić information content (AvgIpc) is 3.06. The molecule has 4 rings (SSSR count). The first-order chi connectivity index (χ1) is 13.4. The van der Waals surface area contributed by atoms with Crippen LogP contribution in [0.15, 0.2) is 71.8 Å². The van der Waals surface area contributed by atoms with Gasteiger partial charge < -0.3 is 0 Å². The van der Waals surface area contributed by atoms with Crippen LogP contribution in [0.5, 0.6) is 0 Å². The van der Waals surface area contributed by atoms with Gasteiger partial charge in [0, 0.05) is 11.1 Å². The minimum atomic E-state index is 0.107. The molecular weight excluding hydrogens is 364 g/mol. The second-order valence-corrected chi connectivity index (χ2v) is 8.19. The molecule has 0 atom stereocenters. The number of aromatic nitrogens is 3. The third-order valence-corrected chi connectivity index (χ3v) is 5.06. The molecule has 0 aliphatic heterocycles. The molecule has 0 aliphatic carbocycles. The van der Waals surface area contributed by atoms with E-state index < -0.39 is 0 Å². The Kier molecular flexibility index (Phi) is 4.69. The molecule has 1 heterocycles. The standard InChI is InChI=1S/C23H22N4S/c1-23(2,3)19-13-11-17(12-14-19)21-25-26-22(28)27(21)24-15-18-9-6-8-16-7-4-5-10-20(16)18/h4-15H,1-3H3,(H,26,28)/b24-15+. The topological polar surface area (TPSA) is 46.0 Å². The Morgan fingerprint density at radius 2 is 1.68 bits per heavy atom. The van der Waals surface area contributed by atoms with Crippen LogP contribution >= 0.6 is 12.2 Å². The van der Waals surface area contributed by atoms with E-state index in [-0.39, 0.29) is 5.41 Å². The normalized spacial score (nSPS) is 12.1. The Hall–Kier alpha value is -3.05. The van der Waals surface area contributed by atoms with E-state index in [2.05, 4.69) is 78.5 Å². The summed E-state index contributed by atoms with van der Waals surface area (Å²) < 4.78 is 2.13. The van der Waals surface area contributed by atoms with Gasteiger partial charge in [0.05, 0.1) is 6.21 Å². The van der Waals surface area contributed by atoms with Crippen LogP contribution in [0.2, 0.25) is 0 Å². The second kappa shape index (κ2) is 7.17. The first-order valence-electron chi connectivity index (χ1n) is 9.24. The fourth-order valence-electron chi connectivity index (χ4n) is 3.19. The van der Waals surface area contributed by atoms with Gasteiger partial charge in [-0.25, -0.2) is 5.10 Å². The highest BCUT2D eigenvalue weighted by atomic mass is 32.1. The van der Waals surface area contributed by atoms with Crippen LogP contribution in [-0.2, 0) is 5.41 Å². The summed E-state index contributed by atoms with van der Waals surface area (Å²) in [7, 11) is 0. The fourth-order valence-corrected chi connectivity index (χ4v) is 3.37. The van der Waals surface area contributed by atoms with E-state index in [0.717, 1.165) is 16.5 Å². The summed E-state index contributed by atoms with van der Waals surface area (Å²) in [4.78, 5) is 0. The average molecular weight is 387 g/mol. The maximum absolute atomic E-state index is 5.40. The van der Waals surface area contributed by atoms with E-state index in [4.69, 9.17) is 12.2 Å². The predicted octanol–water partition coefficient (Wildman–Crippen LogP) is 5.94. The summed E-state index contributed by atoms with van der Waals surface area (Å²) in [6, 6.07) is 22.8. The molecule has 140 valence electrons. The third kappa shape index (κ3) is 3.53. The Morgan fingerprint density at radius 1 is 0.964 bits per heavy atom. The molecule has 1 N–H and O–H groups in total. The first-order valence-corrected chi connectivity index (χ1v) is 9.65. The van der Waals surface area contributed by atoms with Gasteiger partial charge in [0.1, 0.15) is 0 Å². The SMILES string of the molecule is CC(C)(C)c1ccc(-c2n[nH]c(=S)n2/N=C/c2cccc3ccccc23)cc1. The van der Waals surface area contributed by atoms with Crippen LogP contribution < -0.4 is 0 Å². The highest BCUT2D eigenvalue weighted by molar-refractivity contribution is 7.71. The Bertz CT molecular complexity index is 1200. The van der Waals surface area contributed by atoms with Gasteiger partial charge >= 0.3 is 0 Å². The lowest BCUT2D eigenvalue weighted by molar-refractivity contribution is 0.590. The Morgan fingerprint density at radius 3 is 2.43 bits per heavy atom. The first kappa shape index (κ1) is 18.3. The maximum atomic E-state index is 5.40. The lowest BCUT2D eigenvalue weighted by Gasteiger charge is -2.18. The van der Waals surface area contributed by atoms with Gasteiger partial charge in [-0.1, -0.05) is 87.5 Å².